The molecule has 0 aliphatic carbocycles. The van der Waals surface area contributed by atoms with Crippen LogP contribution >= 0.6 is 0 Å². The molecule has 1 N–H and O–H groups in total. The number of aliphatic hydroxyl groups excluding tert-OH is 1. The minimum atomic E-state index is -0.368. The third-order valence-corrected chi connectivity index (χ3v) is 5.28. The molecule has 3 aromatic rings. The van der Waals surface area contributed by atoms with Crippen molar-refractivity contribution in [2.75, 3.05) is 39.9 Å². The van der Waals surface area contributed by atoms with Crippen LogP contribution in [0.5, 0.6) is 0 Å². The van der Waals surface area contributed by atoms with Crippen molar-refractivity contribution in [3.8, 4) is 0 Å². The number of likely N-dealkylation sites (N-methyl/N-ethyl adjacent to an activating group) is 1. The van der Waals surface area contributed by atoms with E-state index in [1.165, 1.54) is 21.8 Å². The van der Waals surface area contributed by atoms with Crippen LogP contribution in [0.4, 0.5) is 0 Å². The maximum atomic E-state index is 10.8. The van der Waals surface area contributed by atoms with Crippen LogP contribution in [0.15, 0.2) is 48.5 Å². The highest BCUT2D eigenvalue weighted by atomic mass is 16.5. The van der Waals surface area contributed by atoms with Gasteiger partial charge in [-0.3, -0.25) is 0 Å². The smallest absolute Gasteiger partial charge is 0.121 e. The van der Waals surface area contributed by atoms with E-state index in [2.05, 4.69) is 60.1 Å². The van der Waals surface area contributed by atoms with E-state index in [0.29, 0.717) is 6.54 Å². The average molecular weight is 325 g/mol. The van der Waals surface area contributed by atoms with E-state index in [0.717, 1.165) is 37.3 Å². The van der Waals surface area contributed by atoms with Gasteiger partial charge in [0, 0.05) is 21.8 Å². The minimum Gasteiger partial charge on any atom is -0.385 e. The third kappa shape index (κ3) is 2.81. The van der Waals surface area contributed by atoms with Gasteiger partial charge >= 0.3 is 0 Å². The van der Waals surface area contributed by atoms with Gasteiger partial charge in [-0.1, -0.05) is 36.4 Å². The number of benzene rings is 2. The number of ether oxygens (including phenoxy) is 1. The van der Waals surface area contributed by atoms with Gasteiger partial charge in [0.1, 0.15) is 25.7 Å². The number of morpholine rings is 1. The first-order valence-corrected chi connectivity index (χ1v) is 8.72. The van der Waals surface area contributed by atoms with Gasteiger partial charge in [0.15, 0.2) is 0 Å². The summed E-state index contributed by atoms with van der Waals surface area (Å²) in [6.45, 7) is 4.93. The topological polar surface area (TPSA) is 34.4 Å². The van der Waals surface area contributed by atoms with E-state index >= 15 is 0 Å². The highest BCUT2D eigenvalue weighted by Crippen LogP contribution is 2.29. The summed E-state index contributed by atoms with van der Waals surface area (Å²) in [4.78, 5) is 0. The molecule has 1 fully saturated rings. The lowest BCUT2D eigenvalue weighted by molar-refractivity contribution is -0.919. The average Bonchev–Trinajstić information content (AvgIpc) is 2.90. The molecule has 126 valence electrons. The first-order valence-electron chi connectivity index (χ1n) is 8.72. The predicted molar refractivity (Wildman–Crippen MR) is 97.1 cm³/mol. The summed E-state index contributed by atoms with van der Waals surface area (Å²) in [7, 11) is 2.22. The standard InChI is InChI=1S/C20H25N2O2/c1-22(10-12-24-13-11-22)15-16(23)14-21-19-8-4-2-6-17(19)18-7-3-5-9-20(18)21/h2-9,16,23H,10-15H2,1H3/q+1/t16-/m1/s1. The van der Waals surface area contributed by atoms with Crippen molar-refractivity contribution < 1.29 is 14.3 Å². The quantitative estimate of drug-likeness (QED) is 0.748. The third-order valence-electron chi connectivity index (χ3n) is 5.28. The van der Waals surface area contributed by atoms with Crippen molar-refractivity contribution in [1.29, 1.82) is 0 Å². The lowest BCUT2D eigenvalue weighted by Crippen LogP contribution is -2.55. The number of nitrogens with zero attached hydrogens (tertiary/aromatic N) is 2. The van der Waals surface area contributed by atoms with Crippen LogP contribution in [0.1, 0.15) is 0 Å². The monoisotopic (exact) mass is 325 g/mol. The van der Waals surface area contributed by atoms with Crippen molar-refractivity contribution >= 4 is 21.8 Å². The van der Waals surface area contributed by atoms with Gasteiger partial charge in [0.25, 0.3) is 0 Å². The number of hydrogen-bond acceptors (Lipinski definition) is 2. The molecule has 1 saturated heterocycles. The van der Waals surface area contributed by atoms with E-state index in [9.17, 15) is 5.11 Å². The van der Waals surface area contributed by atoms with Gasteiger partial charge in [0.2, 0.25) is 0 Å². The molecule has 0 spiro atoms. The zero-order valence-corrected chi connectivity index (χ0v) is 14.2. The molecule has 1 aliphatic rings. The number of hydrogen-bond donors (Lipinski definition) is 1. The summed E-state index contributed by atoms with van der Waals surface area (Å²) in [5, 5.41) is 13.3. The van der Waals surface area contributed by atoms with Crippen LogP contribution < -0.4 is 0 Å². The zero-order chi connectivity index (χ0) is 16.6. The van der Waals surface area contributed by atoms with Gasteiger partial charge in [-0.15, -0.1) is 0 Å². The van der Waals surface area contributed by atoms with Crippen LogP contribution in [0.2, 0.25) is 0 Å². The molecule has 4 rings (SSSR count). The Morgan fingerprint density at radius 2 is 1.54 bits per heavy atom. The molecule has 2 aromatic carbocycles. The van der Waals surface area contributed by atoms with Gasteiger partial charge in [0.05, 0.1) is 26.8 Å². The number of quaternary nitrogens is 1. The van der Waals surface area contributed by atoms with Crippen molar-refractivity contribution in [2.24, 2.45) is 0 Å². The SMILES string of the molecule is C[N+]1(C[C@H](O)Cn2c3ccccc3c3ccccc32)CCOCC1. The zero-order valence-electron chi connectivity index (χ0n) is 14.2. The van der Waals surface area contributed by atoms with Gasteiger partial charge in [-0.2, -0.15) is 0 Å². The Bertz CT molecular complexity index is 796. The van der Waals surface area contributed by atoms with Crippen LogP contribution in [-0.4, -0.2) is 60.2 Å². The molecule has 1 aromatic heterocycles. The molecule has 4 heteroatoms. The molecule has 0 unspecified atom stereocenters. The van der Waals surface area contributed by atoms with E-state index in [1.807, 2.05) is 0 Å². The van der Waals surface area contributed by atoms with Crippen molar-refractivity contribution in [1.82, 2.24) is 4.57 Å². The fourth-order valence-corrected chi connectivity index (χ4v) is 3.94. The highest BCUT2D eigenvalue weighted by molar-refractivity contribution is 6.07. The van der Waals surface area contributed by atoms with E-state index in [4.69, 9.17) is 4.74 Å². The van der Waals surface area contributed by atoms with Crippen LogP contribution in [0.25, 0.3) is 21.8 Å². The molecule has 0 saturated carbocycles. The fraction of sp³-hybridized carbons (Fsp3) is 0.400. The molecule has 2 heterocycles. The summed E-state index contributed by atoms with van der Waals surface area (Å²) < 4.78 is 8.62. The highest BCUT2D eigenvalue weighted by Gasteiger charge is 2.28. The van der Waals surface area contributed by atoms with E-state index < -0.39 is 0 Å². The van der Waals surface area contributed by atoms with Crippen molar-refractivity contribution in [3.05, 3.63) is 48.5 Å². The molecular weight excluding hydrogens is 300 g/mol. The summed E-state index contributed by atoms with van der Waals surface area (Å²) in [6.07, 6.45) is -0.368. The molecule has 4 nitrogen and oxygen atoms in total. The molecule has 1 atom stereocenters. The Morgan fingerprint density at radius 1 is 1.00 bits per heavy atom. The summed E-state index contributed by atoms with van der Waals surface area (Å²) in [5.74, 6) is 0. The second-order valence-corrected chi connectivity index (χ2v) is 7.16. The first kappa shape index (κ1) is 15.6. The van der Waals surface area contributed by atoms with Crippen LogP contribution in [-0.2, 0) is 11.3 Å². The van der Waals surface area contributed by atoms with Gasteiger partial charge in [-0.25, -0.2) is 0 Å². The van der Waals surface area contributed by atoms with Crippen molar-refractivity contribution in [3.63, 3.8) is 0 Å². The maximum Gasteiger partial charge on any atom is 0.121 e. The normalized spacial score (nSPS) is 18.9. The molecule has 24 heavy (non-hydrogen) atoms. The number of fused-ring (bicyclic) bond motifs is 3. The Hall–Kier alpha value is -1.88. The minimum absolute atomic E-state index is 0.368. The van der Waals surface area contributed by atoms with E-state index in [1.54, 1.807) is 0 Å². The van der Waals surface area contributed by atoms with Gasteiger partial charge < -0.3 is 18.9 Å². The number of aliphatic hydroxyl groups is 1. The van der Waals surface area contributed by atoms with Gasteiger partial charge in [-0.05, 0) is 12.1 Å². The Labute approximate surface area is 142 Å². The Morgan fingerprint density at radius 3 is 2.12 bits per heavy atom. The number of para-hydroxylation sites is 2. The summed E-state index contributed by atoms with van der Waals surface area (Å²) in [5.41, 5.74) is 2.39. The second-order valence-electron chi connectivity index (χ2n) is 7.16. The van der Waals surface area contributed by atoms with Crippen molar-refractivity contribution in [2.45, 2.75) is 12.6 Å². The van der Waals surface area contributed by atoms with Crippen LogP contribution in [0, 0.1) is 0 Å². The van der Waals surface area contributed by atoms with Crippen LogP contribution in [0.3, 0.4) is 0 Å². The van der Waals surface area contributed by atoms with E-state index in [-0.39, 0.29) is 6.10 Å². The maximum absolute atomic E-state index is 10.8. The largest absolute Gasteiger partial charge is 0.385 e. The summed E-state index contributed by atoms with van der Waals surface area (Å²) >= 11 is 0. The number of aromatic nitrogens is 1. The predicted octanol–water partition coefficient (Wildman–Crippen LogP) is 2.63. The first-order chi connectivity index (χ1) is 11.7. The molecule has 0 bridgehead atoms. The Balaban J connectivity index is 1.65. The number of rotatable bonds is 4. The second kappa shape index (κ2) is 6.20. The lowest BCUT2D eigenvalue weighted by Gasteiger charge is -2.39. The molecule has 1 aliphatic heterocycles. The molecular formula is C20H25N2O2+. The fourth-order valence-electron chi connectivity index (χ4n) is 3.94. The molecule has 0 amide bonds. The molecule has 0 radical (unpaired) electrons. The lowest BCUT2D eigenvalue weighted by atomic mass is 10.2. The summed E-state index contributed by atoms with van der Waals surface area (Å²) in [6, 6.07) is 16.9. The Kier molecular flexibility index (Phi) is 4.04.